The van der Waals surface area contributed by atoms with Crippen molar-refractivity contribution in [3.63, 3.8) is 0 Å². The van der Waals surface area contributed by atoms with Gasteiger partial charge in [-0.1, -0.05) is 0 Å². The molecule has 0 aliphatic rings. The second kappa shape index (κ2) is 5.13. The van der Waals surface area contributed by atoms with Crippen molar-refractivity contribution < 1.29 is 0 Å². The molecule has 0 saturated heterocycles. The Morgan fingerprint density at radius 3 is 3.23 bits per heavy atom. The summed E-state index contributed by atoms with van der Waals surface area (Å²) in [6.45, 7) is 0.796. The number of nitrogens with one attached hydrogen (secondary N) is 2. The van der Waals surface area contributed by atoms with E-state index in [-0.39, 0.29) is 0 Å². The van der Waals surface area contributed by atoms with Crippen LogP contribution in [0.4, 0.5) is 0 Å². The van der Waals surface area contributed by atoms with E-state index in [1.807, 2.05) is 0 Å². The lowest BCUT2D eigenvalue weighted by atomic mass is 10.3. The number of aliphatic imine (C=N–C) groups is 1. The maximum absolute atomic E-state index is 5.44. The molecule has 0 fully saturated rings. The Morgan fingerprint density at radius 1 is 1.77 bits per heavy atom. The number of aromatic amines is 1. The summed E-state index contributed by atoms with van der Waals surface area (Å²) < 4.78 is 0. The number of aromatic nitrogens is 3. The maximum atomic E-state index is 5.44. The van der Waals surface area contributed by atoms with Gasteiger partial charge in [-0.3, -0.25) is 10.1 Å². The van der Waals surface area contributed by atoms with Crippen LogP contribution >= 0.6 is 0 Å². The third kappa shape index (κ3) is 3.55. The van der Waals surface area contributed by atoms with E-state index in [4.69, 9.17) is 5.73 Å². The monoisotopic (exact) mass is 182 g/mol. The van der Waals surface area contributed by atoms with Crippen LogP contribution in [0.1, 0.15) is 12.2 Å². The normalized spacial score (nSPS) is 11.6. The fourth-order valence-corrected chi connectivity index (χ4v) is 0.903. The van der Waals surface area contributed by atoms with Crippen molar-refractivity contribution in [1.82, 2.24) is 20.5 Å². The van der Waals surface area contributed by atoms with Crippen molar-refractivity contribution in [3.05, 3.63) is 12.2 Å². The minimum absolute atomic E-state index is 0.470. The smallest absolute Gasteiger partial charge is 0.188 e. The van der Waals surface area contributed by atoms with Gasteiger partial charge in [0, 0.05) is 20.0 Å². The molecule has 1 rings (SSSR count). The highest BCUT2D eigenvalue weighted by Crippen LogP contribution is 1.90. The molecule has 1 heterocycles. The molecule has 1 aromatic heterocycles. The Kier molecular flexibility index (Phi) is 3.74. The number of rotatable bonds is 4. The van der Waals surface area contributed by atoms with Gasteiger partial charge in [-0.2, -0.15) is 5.10 Å². The number of nitrogens with two attached hydrogens (primary N) is 1. The first-order valence-electron chi connectivity index (χ1n) is 4.13. The highest BCUT2D eigenvalue weighted by Gasteiger charge is 1.95. The Hall–Kier alpha value is -1.59. The zero-order valence-corrected chi connectivity index (χ0v) is 7.62. The first kappa shape index (κ1) is 9.50. The number of guanidine groups is 1. The van der Waals surface area contributed by atoms with E-state index in [0.717, 1.165) is 25.2 Å². The van der Waals surface area contributed by atoms with Gasteiger partial charge in [0.15, 0.2) is 5.96 Å². The van der Waals surface area contributed by atoms with Gasteiger partial charge in [0.2, 0.25) is 0 Å². The lowest BCUT2D eigenvalue weighted by Gasteiger charge is -2.02. The molecular formula is C7H14N6. The van der Waals surface area contributed by atoms with Crippen LogP contribution in [0.15, 0.2) is 11.3 Å². The van der Waals surface area contributed by atoms with E-state index in [9.17, 15) is 0 Å². The summed E-state index contributed by atoms with van der Waals surface area (Å²) in [4.78, 5) is 7.77. The van der Waals surface area contributed by atoms with E-state index in [0.29, 0.717) is 5.96 Å². The van der Waals surface area contributed by atoms with Gasteiger partial charge in [-0.05, 0) is 6.42 Å². The SMILES string of the molecule is CN=C(N)NCCCc1ncn[nH]1. The summed E-state index contributed by atoms with van der Waals surface area (Å²) >= 11 is 0. The Balaban J connectivity index is 2.08. The molecular weight excluding hydrogens is 168 g/mol. The van der Waals surface area contributed by atoms with Crippen molar-refractivity contribution in [1.29, 1.82) is 0 Å². The first-order chi connectivity index (χ1) is 6.33. The lowest BCUT2D eigenvalue weighted by Crippen LogP contribution is -2.32. The van der Waals surface area contributed by atoms with Gasteiger partial charge in [-0.15, -0.1) is 0 Å². The van der Waals surface area contributed by atoms with Gasteiger partial charge < -0.3 is 11.1 Å². The van der Waals surface area contributed by atoms with Crippen LogP contribution in [0, 0.1) is 0 Å². The first-order valence-corrected chi connectivity index (χ1v) is 4.13. The van der Waals surface area contributed by atoms with E-state index < -0.39 is 0 Å². The molecule has 0 saturated carbocycles. The Bertz CT molecular complexity index is 252. The van der Waals surface area contributed by atoms with Gasteiger partial charge in [0.25, 0.3) is 0 Å². The average molecular weight is 182 g/mol. The highest BCUT2D eigenvalue weighted by molar-refractivity contribution is 5.77. The predicted molar refractivity (Wildman–Crippen MR) is 50.3 cm³/mol. The molecule has 72 valence electrons. The molecule has 13 heavy (non-hydrogen) atoms. The zero-order chi connectivity index (χ0) is 9.52. The fourth-order valence-electron chi connectivity index (χ4n) is 0.903. The predicted octanol–water partition coefficient (Wildman–Crippen LogP) is -0.729. The van der Waals surface area contributed by atoms with Gasteiger partial charge in [-0.25, -0.2) is 4.98 Å². The third-order valence-corrected chi connectivity index (χ3v) is 1.60. The molecule has 0 radical (unpaired) electrons. The minimum atomic E-state index is 0.470. The van der Waals surface area contributed by atoms with Crippen molar-refractivity contribution in [2.75, 3.05) is 13.6 Å². The maximum Gasteiger partial charge on any atom is 0.188 e. The molecule has 6 nitrogen and oxygen atoms in total. The summed E-state index contributed by atoms with van der Waals surface area (Å²) in [5, 5.41) is 9.50. The van der Waals surface area contributed by atoms with Crippen molar-refractivity contribution in [3.8, 4) is 0 Å². The van der Waals surface area contributed by atoms with Crippen molar-refractivity contribution in [2.24, 2.45) is 10.7 Å². The number of aryl methyl sites for hydroxylation is 1. The summed E-state index contributed by atoms with van der Waals surface area (Å²) in [6.07, 6.45) is 3.32. The molecule has 0 bridgehead atoms. The van der Waals surface area contributed by atoms with E-state index in [2.05, 4.69) is 25.5 Å². The summed E-state index contributed by atoms with van der Waals surface area (Å²) in [6, 6.07) is 0. The van der Waals surface area contributed by atoms with E-state index in [1.54, 1.807) is 7.05 Å². The molecule has 0 spiro atoms. The summed E-state index contributed by atoms with van der Waals surface area (Å²) in [5.41, 5.74) is 5.44. The number of nitrogens with zero attached hydrogens (tertiary/aromatic N) is 3. The van der Waals surface area contributed by atoms with E-state index in [1.165, 1.54) is 6.33 Å². The summed E-state index contributed by atoms with van der Waals surface area (Å²) in [7, 11) is 1.65. The molecule has 0 unspecified atom stereocenters. The minimum Gasteiger partial charge on any atom is -0.370 e. The van der Waals surface area contributed by atoms with Crippen LogP contribution in [0.2, 0.25) is 0 Å². The van der Waals surface area contributed by atoms with Crippen LogP contribution < -0.4 is 11.1 Å². The largest absolute Gasteiger partial charge is 0.370 e. The Labute approximate surface area is 76.7 Å². The van der Waals surface area contributed by atoms with Crippen LogP contribution in [0.5, 0.6) is 0 Å². The quantitative estimate of drug-likeness (QED) is 0.325. The number of H-pyrrole nitrogens is 1. The molecule has 0 aromatic carbocycles. The van der Waals surface area contributed by atoms with E-state index >= 15 is 0 Å². The van der Waals surface area contributed by atoms with Crippen molar-refractivity contribution >= 4 is 5.96 Å². The molecule has 6 heteroatoms. The van der Waals surface area contributed by atoms with Crippen LogP contribution in [-0.2, 0) is 6.42 Å². The second-order valence-corrected chi connectivity index (χ2v) is 2.57. The third-order valence-electron chi connectivity index (χ3n) is 1.60. The molecule has 0 aliphatic heterocycles. The molecule has 0 atom stereocenters. The average Bonchev–Trinajstić information content (AvgIpc) is 2.64. The standard InChI is InChI=1S/C7H14N6/c1-9-7(8)10-4-2-3-6-11-5-12-13-6/h5H,2-4H2,1H3,(H3,8,9,10)(H,11,12,13). The zero-order valence-electron chi connectivity index (χ0n) is 7.62. The number of hydrogen-bond acceptors (Lipinski definition) is 3. The Morgan fingerprint density at radius 2 is 2.62 bits per heavy atom. The van der Waals surface area contributed by atoms with Crippen LogP contribution in [0.25, 0.3) is 0 Å². The van der Waals surface area contributed by atoms with Gasteiger partial charge >= 0.3 is 0 Å². The highest BCUT2D eigenvalue weighted by atomic mass is 15.2. The molecule has 0 amide bonds. The second-order valence-electron chi connectivity index (χ2n) is 2.57. The topological polar surface area (TPSA) is 92.0 Å². The van der Waals surface area contributed by atoms with Crippen LogP contribution in [-0.4, -0.2) is 34.7 Å². The van der Waals surface area contributed by atoms with Gasteiger partial charge in [0.05, 0.1) is 0 Å². The van der Waals surface area contributed by atoms with Gasteiger partial charge in [0.1, 0.15) is 12.2 Å². The number of hydrogen-bond donors (Lipinski definition) is 3. The molecule has 1 aromatic rings. The molecule has 4 N–H and O–H groups in total. The molecule has 0 aliphatic carbocycles. The fraction of sp³-hybridized carbons (Fsp3) is 0.571. The van der Waals surface area contributed by atoms with Crippen LogP contribution in [0.3, 0.4) is 0 Å². The summed E-state index contributed by atoms with van der Waals surface area (Å²) in [5.74, 6) is 1.37. The lowest BCUT2D eigenvalue weighted by molar-refractivity contribution is 0.739. The van der Waals surface area contributed by atoms with Crippen molar-refractivity contribution in [2.45, 2.75) is 12.8 Å².